The van der Waals surface area contributed by atoms with Gasteiger partial charge in [-0.05, 0) is 18.9 Å². The third kappa shape index (κ3) is 20.7. The van der Waals surface area contributed by atoms with Crippen LogP contribution in [0.5, 0.6) is 0 Å². The first-order valence-corrected chi connectivity index (χ1v) is 6.38. The molecule has 0 unspecified atom stereocenters. The fourth-order valence-corrected chi connectivity index (χ4v) is 0.824. The minimum absolute atomic E-state index is 1.14. The first kappa shape index (κ1) is 24.8. The normalized spacial score (nSPS) is 6.24. The summed E-state index contributed by atoms with van der Waals surface area (Å²) in [5, 5.41) is 0. The van der Waals surface area contributed by atoms with Crippen LogP contribution in [0.1, 0.15) is 45.7 Å². The fourth-order valence-electron chi connectivity index (χ4n) is 0.824. The van der Waals surface area contributed by atoms with Gasteiger partial charge in [-0.2, -0.15) is 0 Å². The molecule has 1 aromatic carbocycles. The zero-order valence-electron chi connectivity index (χ0n) is 12.8. The van der Waals surface area contributed by atoms with Gasteiger partial charge in [0.25, 0.3) is 0 Å². The molecule has 0 atom stereocenters. The molecule has 1 rings (SSSR count). The molecule has 17 heavy (non-hydrogen) atoms. The highest BCUT2D eigenvalue weighted by atomic mass is 13.9. The van der Waals surface area contributed by atoms with E-state index in [-0.39, 0.29) is 0 Å². The van der Waals surface area contributed by atoms with Gasteiger partial charge >= 0.3 is 0 Å². The van der Waals surface area contributed by atoms with E-state index >= 15 is 0 Å². The van der Waals surface area contributed by atoms with Crippen molar-refractivity contribution in [1.82, 2.24) is 0 Å². The van der Waals surface area contributed by atoms with E-state index in [1.165, 1.54) is 11.1 Å². The van der Waals surface area contributed by atoms with Gasteiger partial charge in [0.1, 0.15) is 0 Å². The molecule has 0 aliphatic heterocycles. The third-order valence-electron chi connectivity index (χ3n) is 1.53. The zero-order valence-corrected chi connectivity index (χ0v) is 12.8. The van der Waals surface area contributed by atoms with Gasteiger partial charge < -0.3 is 0 Å². The van der Waals surface area contributed by atoms with Crippen LogP contribution >= 0.6 is 0 Å². The van der Waals surface area contributed by atoms with Crippen molar-refractivity contribution in [2.45, 2.75) is 48.0 Å². The number of hydrogen-bond donors (Lipinski definition) is 0. The van der Waals surface area contributed by atoms with E-state index in [4.69, 9.17) is 0 Å². The summed E-state index contributed by atoms with van der Waals surface area (Å²) in [4.78, 5) is 0. The van der Waals surface area contributed by atoms with E-state index in [0.29, 0.717) is 0 Å². The topological polar surface area (TPSA) is 0 Å². The van der Waals surface area contributed by atoms with Crippen LogP contribution in [0.15, 0.2) is 50.6 Å². The maximum atomic E-state index is 3.00. The van der Waals surface area contributed by atoms with E-state index in [9.17, 15) is 0 Å². The summed E-state index contributed by atoms with van der Waals surface area (Å²) in [6, 6.07) is 8.66. The Morgan fingerprint density at radius 1 is 0.765 bits per heavy atom. The maximum absolute atomic E-state index is 3.00. The molecule has 0 aliphatic carbocycles. The van der Waals surface area contributed by atoms with Crippen LogP contribution in [0.4, 0.5) is 0 Å². The summed E-state index contributed by atoms with van der Waals surface area (Å²) in [7, 11) is 0. The van der Waals surface area contributed by atoms with Gasteiger partial charge in [-0.25, -0.2) is 0 Å². The molecule has 0 saturated heterocycles. The summed E-state index contributed by atoms with van der Waals surface area (Å²) in [6.07, 6.45) is 1.14. The highest BCUT2D eigenvalue weighted by Gasteiger charge is 1.84. The summed E-state index contributed by atoms with van der Waals surface area (Å²) in [5.41, 5.74) is 2.76. The van der Waals surface area contributed by atoms with Crippen LogP contribution in [0.3, 0.4) is 0 Å². The lowest BCUT2D eigenvalue weighted by Gasteiger charge is -1.94. The molecule has 0 saturated carbocycles. The fraction of sp³-hybridized carbons (Fsp3) is 0.412. The largest absolute Gasteiger partial charge is 0.106 e. The van der Waals surface area contributed by atoms with Crippen molar-refractivity contribution in [1.29, 1.82) is 0 Å². The summed E-state index contributed by atoms with van der Waals surface area (Å²) in [5.74, 6) is 0. The summed E-state index contributed by atoms with van der Waals surface area (Å²) in [6.45, 7) is 24.3. The van der Waals surface area contributed by atoms with Gasteiger partial charge in [-0.15, -0.1) is 26.3 Å². The van der Waals surface area contributed by atoms with Crippen LogP contribution < -0.4 is 0 Å². The number of benzene rings is 1. The van der Waals surface area contributed by atoms with Gasteiger partial charge in [0.05, 0.1) is 0 Å². The predicted octanol–water partition coefficient (Wildman–Crippen LogP) is 6.21. The van der Waals surface area contributed by atoms with E-state index in [2.05, 4.69) is 64.4 Å². The van der Waals surface area contributed by atoms with Crippen molar-refractivity contribution in [2.24, 2.45) is 0 Å². The number of aryl methyl sites for hydroxylation is 2. The lowest BCUT2D eigenvalue weighted by Crippen LogP contribution is -1.77. The molecule has 0 radical (unpaired) electrons. The van der Waals surface area contributed by atoms with Crippen molar-refractivity contribution < 1.29 is 0 Å². The molecule has 0 amide bonds. The first-order chi connectivity index (χ1) is 8.33. The highest BCUT2D eigenvalue weighted by molar-refractivity contribution is 5.20. The Morgan fingerprint density at radius 2 is 1.06 bits per heavy atom. The van der Waals surface area contributed by atoms with Crippen LogP contribution in [0, 0.1) is 6.92 Å². The minimum atomic E-state index is 1.14. The van der Waals surface area contributed by atoms with Crippen LogP contribution in [-0.2, 0) is 6.42 Å². The molecule has 0 spiro atoms. The average molecular weight is 236 g/mol. The molecule has 100 valence electrons. The predicted molar refractivity (Wildman–Crippen MR) is 85.8 cm³/mol. The van der Waals surface area contributed by atoms with E-state index < -0.39 is 0 Å². The molecule has 1 aromatic rings. The van der Waals surface area contributed by atoms with Crippen molar-refractivity contribution in [3.05, 3.63) is 61.7 Å². The SMILES string of the molecule is C=C.C=C.CC.CC.CCc1ccc(C)cc1. The van der Waals surface area contributed by atoms with Gasteiger partial charge in [0.2, 0.25) is 0 Å². The summed E-state index contributed by atoms with van der Waals surface area (Å²) < 4.78 is 0. The molecule has 0 bridgehead atoms. The minimum Gasteiger partial charge on any atom is -0.106 e. The summed E-state index contributed by atoms with van der Waals surface area (Å²) >= 11 is 0. The van der Waals surface area contributed by atoms with Gasteiger partial charge in [0.15, 0.2) is 0 Å². The number of hydrogen-bond acceptors (Lipinski definition) is 0. The Kier molecular flexibility index (Phi) is 42.7. The quantitative estimate of drug-likeness (QED) is 0.508. The molecular formula is C17H32. The van der Waals surface area contributed by atoms with Crippen molar-refractivity contribution in [3.8, 4) is 0 Å². The molecule has 0 nitrogen and oxygen atoms in total. The Morgan fingerprint density at radius 3 is 1.29 bits per heavy atom. The molecular weight excluding hydrogens is 204 g/mol. The van der Waals surface area contributed by atoms with E-state index in [1.54, 1.807) is 0 Å². The van der Waals surface area contributed by atoms with Gasteiger partial charge in [0, 0.05) is 0 Å². The van der Waals surface area contributed by atoms with Crippen LogP contribution in [0.25, 0.3) is 0 Å². The zero-order chi connectivity index (χ0) is 14.7. The molecule has 0 fully saturated rings. The first-order valence-electron chi connectivity index (χ1n) is 6.38. The highest BCUT2D eigenvalue weighted by Crippen LogP contribution is 2.02. The van der Waals surface area contributed by atoms with Crippen LogP contribution in [0.2, 0.25) is 0 Å². The average Bonchev–Trinajstić information content (AvgIpc) is 2.48. The van der Waals surface area contributed by atoms with Crippen molar-refractivity contribution >= 4 is 0 Å². The van der Waals surface area contributed by atoms with E-state index in [1.807, 2.05) is 27.7 Å². The van der Waals surface area contributed by atoms with Gasteiger partial charge in [-0.3, -0.25) is 0 Å². The maximum Gasteiger partial charge on any atom is -0.0307 e. The monoisotopic (exact) mass is 236 g/mol. The third-order valence-corrected chi connectivity index (χ3v) is 1.53. The second-order valence-corrected chi connectivity index (χ2v) is 2.34. The second kappa shape index (κ2) is 29.3. The lowest BCUT2D eigenvalue weighted by molar-refractivity contribution is 1.14. The van der Waals surface area contributed by atoms with Gasteiger partial charge in [-0.1, -0.05) is 64.4 Å². The van der Waals surface area contributed by atoms with Crippen molar-refractivity contribution in [3.63, 3.8) is 0 Å². The molecule has 0 heteroatoms. The second-order valence-electron chi connectivity index (χ2n) is 2.34. The van der Waals surface area contributed by atoms with E-state index in [0.717, 1.165) is 6.42 Å². The molecule has 0 aromatic heterocycles. The molecule has 0 heterocycles. The standard InChI is InChI=1S/C9H12.2C2H6.2C2H4/c1-3-9-6-4-8(2)5-7-9;4*1-2/h4-7H,3H2,1-2H3;2*1-2H3;2*1-2H2. The molecule has 0 aliphatic rings. The Hall–Kier alpha value is -1.30. The Labute approximate surface area is 110 Å². The lowest BCUT2D eigenvalue weighted by atomic mass is 10.1. The molecule has 0 N–H and O–H groups in total. The number of rotatable bonds is 1. The Bertz CT molecular complexity index is 194. The smallest absolute Gasteiger partial charge is 0.0307 e. The van der Waals surface area contributed by atoms with Crippen LogP contribution in [-0.4, -0.2) is 0 Å². The van der Waals surface area contributed by atoms with Crippen molar-refractivity contribution in [2.75, 3.05) is 0 Å². The Balaban J connectivity index is -0.0000000905.